The van der Waals surface area contributed by atoms with Gasteiger partial charge in [-0.15, -0.1) is 0 Å². The van der Waals surface area contributed by atoms with Gasteiger partial charge in [0.15, 0.2) is 0 Å². The van der Waals surface area contributed by atoms with Gasteiger partial charge in [-0.3, -0.25) is 20.2 Å². The molecule has 7 nitrogen and oxygen atoms in total. The summed E-state index contributed by atoms with van der Waals surface area (Å²) in [5.41, 5.74) is -1.12. The van der Waals surface area contributed by atoms with Crippen LogP contribution >= 0.6 is 0 Å². The summed E-state index contributed by atoms with van der Waals surface area (Å²) >= 11 is 0. The zero-order chi connectivity index (χ0) is 14.4. The first-order valence-electron chi connectivity index (χ1n) is 6.12. The van der Waals surface area contributed by atoms with Crippen LogP contribution in [0.3, 0.4) is 0 Å². The Morgan fingerprint density at radius 2 is 1.79 bits per heavy atom. The molecule has 1 rings (SSSR count). The van der Waals surface area contributed by atoms with Crippen LogP contribution in [0.25, 0.3) is 0 Å². The molecule has 0 atom stereocenters. The number of phenolic OH excluding ortho intramolecular Hbond substituents is 1. The molecule has 0 saturated heterocycles. The van der Waals surface area contributed by atoms with Crippen LogP contribution in [0.2, 0.25) is 0 Å². The van der Waals surface area contributed by atoms with Crippen molar-refractivity contribution in [2.45, 2.75) is 39.0 Å². The summed E-state index contributed by atoms with van der Waals surface area (Å²) in [6, 6.07) is 2.10. The van der Waals surface area contributed by atoms with E-state index < -0.39 is 21.2 Å². The molecule has 1 aromatic rings. The van der Waals surface area contributed by atoms with Crippen molar-refractivity contribution < 1.29 is 15.0 Å². The van der Waals surface area contributed by atoms with Crippen molar-refractivity contribution in [1.82, 2.24) is 0 Å². The monoisotopic (exact) mass is 268 g/mol. The summed E-state index contributed by atoms with van der Waals surface area (Å²) in [6.45, 7) is 2.04. The summed E-state index contributed by atoms with van der Waals surface area (Å²) < 4.78 is 0. The molecule has 0 spiro atoms. The summed E-state index contributed by atoms with van der Waals surface area (Å²) in [5.74, 6) is -0.256. The van der Waals surface area contributed by atoms with E-state index in [1.807, 2.05) is 6.92 Å². The zero-order valence-corrected chi connectivity index (χ0v) is 10.7. The highest BCUT2D eigenvalue weighted by molar-refractivity contribution is 5.62. The summed E-state index contributed by atoms with van der Waals surface area (Å²) in [7, 11) is 0. The second-order valence-corrected chi connectivity index (χ2v) is 4.26. The van der Waals surface area contributed by atoms with Crippen molar-refractivity contribution >= 4 is 11.4 Å². The number of hydrogen-bond acceptors (Lipinski definition) is 5. The van der Waals surface area contributed by atoms with Gasteiger partial charge in [0.25, 0.3) is 0 Å². The molecule has 0 aliphatic heterocycles. The minimum absolute atomic E-state index is 0.0512. The number of rotatable bonds is 7. The Kier molecular flexibility index (Phi) is 5.23. The van der Waals surface area contributed by atoms with E-state index in [2.05, 4.69) is 0 Å². The number of hydrogen-bond donors (Lipinski definition) is 1. The van der Waals surface area contributed by atoms with Crippen LogP contribution < -0.4 is 0 Å². The van der Waals surface area contributed by atoms with Crippen LogP contribution in [0.4, 0.5) is 11.4 Å². The Bertz CT molecular complexity index is 487. The Labute approximate surface area is 110 Å². The lowest BCUT2D eigenvalue weighted by Gasteiger charge is -2.06. The van der Waals surface area contributed by atoms with Gasteiger partial charge in [-0.2, -0.15) is 0 Å². The fraction of sp³-hybridized carbons (Fsp3) is 0.500. The summed E-state index contributed by atoms with van der Waals surface area (Å²) in [5, 5.41) is 31.4. The molecule has 0 aromatic heterocycles. The number of aromatic hydroxyl groups is 1. The molecule has 0 aliphatic carbocycles. The molecular formula is C12H16N2O5. The average molecular weight is 268 g/mol. The number of nitrogens with zero attached hydrogens (tertiary/aromatic N) is 2. The first kappa shape index (κ1) is 14.9. The standard InChI is InChI=1S/C12H16N2O5/c1-2-3-4-5-6-9-11(15)8-7-10(13(16)17)12(9)14(18)19/h7-8,15H,2-6H2,1H3. The Hall–Kier alpha value is -2.18. The zero-order valence-electron chi connectivity index (χ0n) is 10.7. The number of nitro benzene ring substituents is 2. The topological polar surface area (TPSA) is 107 Å². The fourth-order valence-electron chi connectivity index (χ4n) is 1.94. The lowest BCUT2D eigenvalue weighted by atomic mass is 10.0. The third kappa shape index (κ3) is 3.64. The highest BCUT2D eigenvalue weighted by Crippen LogP contribution is 2.37. The molecule has 104 valence electrons. The summed E-state index contributed by atoms with van der Waals surface area (Å²) in [4.78, 5) is 20.2. The molecule has 0 bridgehead atoms. The van der Waals surface area contributed by atoms with E-state index in [-0.39, 0.29) is 17.7 Å². The first-order valence-corrected chi connectivity index (χ1v) is 6.12. The third-order valence-corrected chi connectivity index (χ3v) is 2.90. The van der Waals surface area contributed by atoms with Gasteiger partial charge < -0.3 is 5.11 Å². The highest BCUT2D eigenvalue weighted by Gasteiger charge is 2.30. The van der Waals surface area contributed by atoms with E-state index >= 15 is 0 Å². The molecule has 0 unspecified atom stereocenters. The number of unbranched alkanes of at least 4 members (excludes halogenated alkanes) is 3. The second-order valence-electron chi connectivity index (χ2n) is 4.26. The van der Waals surface area contributed by atoms with Crippen LogP contribution in [-0.4, -0.2) is 15.0 Å². The Morgan fingerprint density at radius 3 is 2.32 bits per heavy atom. The quantitative estimate of drug-likeness (QED) is 0.463. The predicted octanol–water partition coefficient (Wildman–Crippen LogP) is 3.33. The van der Waals surface area contributed by atoms with E-state index in [1.54, 1.807) is 0 Å². The number of benzene rings is 1. The van der Waals surface area contributed by atoms with E-state index in [0.29, 0.717) is 6.42 Å². The molecule has 0 amide bonds. The molecule has 19 heavy (non-hydrogen) atoms. The van der Waals surface area contributed by atoms with Gasteiger partial charge >= 0.3 is 11.4 Å². The highest BCUT2D eigenvalue weighted by atomic mass is 16.6. The maximum Gasteiger partial charge on any atom is 0.352 e. The molecule has 0 aliphatic rings. The predicted molar refractivity (Wildman–Crippen MR) is 69.3 cm³/mol. The first-order chi connectivity index (χ1) is 8.99. The van der Waals surface area contributed by atoms with Gasteiger partial charge in [-0.05, 0) is 18.9 Å². The second kappa shape index (κ2) is 6.67. The molecule has 7 heteroatoms. The third-order valence-electron chi connectivity index (χ3n) is 2.90. The van der Waals surface area contributed by atoms with Crippen LogP contribution in [-0.2, 0) is 6.42 Å². The smallest absolute Gasteiger partial charge is 0.352 e. The maximum atomic E-state index is 11.0. The maximum absolute atomic E-state index is 11.0. The lowest BCUT2D eigenvalue weighted by Crippen LogP contribution is -2.01. The van der Waals surface area contributed by atoms with Crippen molar-refractivity contribution in [1.29, 1.82) is 0 Å². The van der Waals surface area contributed by atoms with Crippen molar-refractivity contribution in [3.8, 4) is 5.75 Å². The van der Waals surface area contributed by atoms with Crippen molar-refractivity contribution in [3.63, 3.8) is 0 Å². The van der Waals surface area contributed by atoms with E-state index in [0.717, 1.165) is 31.4 Å². The molecule has 0 heterocycles. The van der Waals surface area contributed by atoms with E-state index in [9.17, 15) is 25.3 Å². The fourth-order valence-corrected chi connectivity index (χ4v) is 1.94. The van der Waals surface area contributed by atoms with E-state index in [1.165, 1.54) is 0 Å². The molecular weight excluding hydrogens is 252 g/mol. The molecule has 0 radical (unpaired) electrons. The van der Waals surface area contributed by atoms with Crippen molar-refractivity contribution in [2.24, 2.45) is 0 Å². The van der Waals surface area contributed by atoms with Gasteiger partial charge in [0, 0.05) is 6.07 Å². The minimum atomic E-state index is -0.799. The van der Waals surface area contributed by atoms with Crippen LogP contribution in [0, 0.1) is 20.2 Å². The van der Waals surface area contributed by atoms with Gasteiger partial charge in [-0.25, -0.2) is 0 Å². The van der Waals surface area contributed by atoms with E-state index in [4.69, 9.17) is 0 Å². The van der Waals surface area contributed by atoms with Crippen LogP contribution in [0.15, 0.2) is 12.1 Å². The molecule has 1 N–H and O–H groups in total. The van der Waals surface area contributed by atoms with Gasteiger partial charge in [-0.1, -0.05) is 26.2 Å². The molecule has 1 aromatic carbocycles. The van der Waals surface area contributed by atoms with Gasteiger partial charge in [0.1, 0.15) is 5.75 Å². The van der Waals surface area contributed by atoms with Crippen molar-refractivity contribution in [2.75, 3.05) is 0 Å². The molecule has 0 saturated carbocycles. The number of nitro groups is 2. The number of phenols is 1. The average Bonchev–Trinajstić information content (AvgIpc) is 2.35. The normalized spacial score (nSPS) is 10.4. The van der Waals surface area contributed by atoms with Gasteiger partial charge in [0.05, 0.1) is 15.4 Å². The molecule has 0 fully saturated rings. The Morgan fingerprint density at radius 1 is 1.11 bits per heavy atom. The van der Waals surface area contributed by atoms with Crippen LogP contribution in [0.1, 0.15) is 38.2 Å². The summed E-state index contributed by atoms with van der Waals surface area (Å²) in [6.07, 6.45) is 3.80. The Balaban J connectivity index is 3.09. The lowest BCUT2D eigenvalue weighted by molar-refractivity contribution is -0.423. The van der Waals surface area contributed by atoms with Gasteiger partial charge in [0.2, 0.25) is 0 Å². The van der Waals surface area contributed by atoms with Crippen molar-refractivity contribution in [3.05, 3.63) is 37.9 Å². The SMILES string of the molecule is CCCCCCc1c(O)ccc([N+](=O)[O-])c1[N+](=O)[O-]. The minimum Gasteiger partial charge on any atom is -0.507 e. The largest absolute Gasteiger partial charge is 0.507 e. The van der Waals surface area contributed by atoms with Crippen LogP contribution in [0.5, 0.6) is 5.75 Å².